The summed E-state index contributed by atoms with van der Waals surface area (Å²) in [6.07, 6.45) is 4.45. The molecule has 0 aromatic carbocycles. The van der Waals surface area contributed by atoms with Gasteiger partial charge in [0, 0.05) is 38.5 Å². The maximum Gasteiger partial charge on any atom is 0.323 e. The zero-order valence-electron chi connectivity index (χ0n) is 14.8. The molecule has 0 spiro atoms. The maximum absolute atomic E-state index is 12.0. The number of esters is 1. The topological polar surface area (TPSA) is 63.5 Å². The lowest BCUT2D eigenvalue weighted by Gasteiger charge is -2.25. The molecule has 0 N–H and O–H groups in total. The molecule has 1 saturated carbocycles. The van der Waals surface area contributed by atoms with Crippen LogP contribution in [0.4, 0.5) is 0 Å². The summed E-state index contributed by atoms with van der Waals surface area (Å²) in [7, 11) is 4.23. The number of likely N-dealkylation sites (N-methyl/N-ethyl adjacent to an activating group) is 1. The first-order chi connectivity index (χ1) is 11.5. The molecule has 2 saturated heterocycles. The van der Waals surface area contributed by atoms with Crippen LogP contribution in [0.5, 0.6) is 0 Å². The van der Waals surface area contributed by atoms with Crippen molar-refractivity contribution in [3.63, 3.8) is 0 Å². The van der Waals surface area contributed by atoms with Crippen molar-refractivity contribution in [2.45, 2.75) is 63.3 Å². The van der Waals surface area contributed by atoms with Crippen molar-refractivity contribution in [3.8, 4) is 0 Å². The van der Waals surface area contributed by atoms with Crippen molar-refractivity contribution in [3.05, 3.63) is 11.6 Å². The maximum atomic E-state index is 12.0. The number of hydrogen-bond acceptors (Lipinski definition) is 6. The second kappa shape index (κ2) is 6.11. The largest absolute Gasteiger partial charge is 0.461 e. The van der Waals surface area contributed by atoms with Crippen molar-refractivity contribution in [2.75, 3.05) is 20.1 Å². The number of rotatable bonds is 5. The van der Waals surface area contributed by atoms with Crippen molar-refractivity contribution >= 4 is 5.97 Å². The number of nitrogens with zero attached hydrogens (tertiary/aromatic N) is 5. The SMILES string of the molecule is C[C@@H]1C[C@@H](N2CC[C@H](N(C)Cc3nnc(C4CC4)n3C)C2)C(=O)O1. The van der Waals surface area contributed by atoms with Gasteiger partial charge in [-0.25, -0.2) is 0 Å². The highest BCUT2D eigenvalue weighted by molar-refractivity contribution is 5.78. The standard InChI is InChI=1S/C17H27N5O2/c1-11-8-14(17(23)24-11)22-7-6-13(9-22)20(2)10-15-18-19-16(21(15)3)12-4-5-12/h11-14H,4-10H2,1-3H3/t11-,13+,14-/m1/s1. The highest BCUT2D eigenvalue weighted by atomic mass is 16.6. The van der Waals surface area contributed by atoms with Crippen LogP contribution in [0.25, 0.3) is 0 Å². The van der Waals surface area contributed by atoms with Gasteiger partial charge in [0.05, 0.1) is 6.54 Å². The second-order valence-electron chi connectivity index (χ2n) is 7.66. The molecule has 1 aromatic rings. The van der Waals surface area contributed by atoms with Crippen LogP contribution in [-0.4, -0.2) is 68.9 Å². The van der Waals surface area contributed by atoms with Crippen LogP contribution in [0.1, 0.15) is 50.2 Å². The van der Waals surface area contributed by atoms with Crippen LogP contribution in [0.15, 0.2) is 0 Å². The van der Waals surface area contributed by atoms with Gasteiger partial charge in [0.25, 0.3) is 0 Å². The predicted molar refractivity (Wildman–Crippen MR) is 88.4 cm³/mol. The Kier molecular flexibility index (Phi) is 4.08. The molecule has 3 fully saturated rings. The van der Waals surface area contributed by atoms with E-state index in [1.165, 1.54) is 12.8 Å². The van der Waals surface area contributed by atoms with Gasteiger partial charge < -0.3 is 9.30 Å². The smallest absolute Gasteiger partial charge is 0.323 e. The number of carbonyl (C=O) groups excluding carboxylic acids is 1. The van der Waals surface area contributed by atoms with Crippen LogP contribution in [0, 0.1) is 0 Å². The van der Waals surface area contributed by atoms with Crippen molar-refractivity contribution in [1.29, 1.82) is 0 Å². The molecule has 132 valence electrons. The molecule has 3 atom stereocenters. The van der Waals surface area contributed by atoms with Gasteiger partial charge in [0.15, 0.2) is 0 Å². The molecule has 7 heteroatoms. The Hall–Kier alpha value is -1.47. The molecule has 3 heterocycles. The third kappa shape index (κ3) is 2.95. The van der Waals surface area contributed by atoms with E-state index in [0.717, 1.165) is 44.1 Å². The fourth-order valence-corrected chi connectivity index (χ4v) is 4.01. The molecule has 2 aliphatic heterocycles. The van der Waals surface area contributed by atoms with E-state index < -0.39 is 0 Å². The lowest BCUT2D eigenvalue weighted by Crippen LogP contribution is -2.40. The van der Waals surface area contributed by atoms with Gasteiger partial charge >= 0.3 is 5.97 Å². The van der Waals surface area contributed by atoms with Crippen molar-refractivity contribution in [2.24, 2.45) is 7.05 Å². The molecule has 0 radical (unpaired) electrons. The third-order valence-corrected chi connectivity index (χ3v) is 5.74. The molecule has 4 rings (SSSR count). The number of hydrogen-bond donors (Lipinski definition) is 0. The number of aromatic nitrogens is 3. The van der Waals surface area contributed by atoms with Crippen LogP contribution < -0.4 is 0 Å². The highest BCUT2D eigenvalue weighted by Gasteiger charge is 2.40. The predicted octanol–water partition coefficient (Wildman–Crippen LogP) is 0.903. The van der Waals surface area contributed by atoms with E-state index in [1.807, 2.05) is 6.92 Å². The number of ether oxygens (including phenoxy) is 1. The summed E-state index contributed by atoms with van der Waals surface area (Å²) in [5.41, 5.74) is 0. The molecular weight excluding hydrogens is 306 g/mol. The van der Waals surface area contributed by atoms with E-state index in [1.54, 1.807) is 0 Å². The van der Waals surface area contributed by atoms with Gasteiger partial charge in [-0.3, -0.25) is 14.6 Å². The van der Waals surface area contributed by atoms with Crippen LogP contribution in [0.3, 0.4) is 0 Å². The van der Waals surface area contributed by atoms with Gasteiger partial charge in [-0.2, -0.15) is 0 Å². The summed E-state index contributed by atoms with van der Waals surface area (Å²) in [6, 6.07) is 0.407. The Morgan fingerprint density at radius 2 is 2.08 bits per heavy atom. The van der Waals surface area contributed by atoms with Crippen molar-refractivity contribution in [1.82, 2.24) is 24.6 Å². The fraction of sp³-hybridized carbons (Fsp3) is 0.824. The van der Waals surface area contributed by atoms with Crippen LogP contribution >= 0.6 is 0 Å². The monoisotopic (exact) mass is 333 g/mol. The summed E-state index contributed by atoms with van der Waals surface area (Å²) in [6.45, 7) is 4.67. The molecule has 1 aromatic heterocycles. The fourth-order valence-electron chi connectivity index (χ4n) is 4.01. The van der Waals surface area contributed by atoms with Crippen molar-refractivity contribution < 1.29 is 9.53 Å². The van der Waals surface area contributed by atoms with E-state index in [-0.39, 0.29) is 18.1 Å². The minimum absolute atomic E-state index is 0.0466. The number of cyclic esters (lactones) is 1. The average Bonchev–Trinajstić information content (AvgIpc) is 2.99. The summed E-state index contributed by atoms with van der Waals surface area (Å²) in [5, 5.41) is 8.76. The summed E-state index contributed by atoms with van der Waals surface area (Å²) >= 11 is 0. The van der Waals surface area contributed by atoms with Gasteiger partial charge in [-0.15, -0.1) is 10.2 Å². The zero-order valence-corrected chi connectivity index (χ0v) is 14.8. The molecule has 3 aliphatic rings. The van der Waals surface area contributed by atoms with E-state index >= 15 is 0 Å². The Morgan fingerprint density at radius 3 is 2.75 bits per heavy atom. The highest BCUT2D eigenvalue weighted by Crippen LogP contribution is 2.38. The average molecular weight is 333 g/mol. The van der Waals surface area contributed by atoms with Gasteiger partial charge in [0.1, 0.15) is 23.8 Å². The van der Waals surface area contributed by atoms with E-state index in [2.05, 4.69) is 38.7 Å². The Balaban J connectivity index is 1.36. The van der Waals surface area contributed by atoms with E-state index in [0.29, 0.717) is 12.0 Å². The van der Waals surface area contributed by atoms with Crippen LogP contribution in [-0.2, 0) is 23.1 Å². The van der Waals surface area contributed by atoms with Crippen LogP contribution in [0.2, 0.25) is 0 Å². The Bertz CT molecular complexity index is 626. The Morgan fingerprint density at radius 1 is 1.29 bits per heavy atom. The van der Waals surface area contributed by atoms with E-state index in [9.17, 15) is 4.79 Å². The molecule has 24 heavy (non-hydrogen) atoms. The van der Waals surface area contributed by atoms with Gasteiger partial charge in [-0.05, 0) is 33.2 Å². The lowest BCUT2D eigenvalue weighted by molar-refractivity contribution is -0.144. The summed E-state index contributed by atoms with van der Waals surface area (Å²) in [4.78, 5) is 16.6. The molecule has 1 aliphatic carbocycles. The second-order valence-corrected chi connectivity index (χ2v) is 7.66. The zero-order chi connectivity index (χ0) is 16.8. The molecular formula is C17H27N5O2. The number of likely N-dealkylation sites (tertiary alicyclic amines) is 1. The summed E-state index contributed by atoms with van der Waals surface area (Å²) in [5.74, 6) is 2.74. The normalized spacial score (nSPS) is 31.2. The van der Waals surface area contributed by atoms with E-state index in [4.69, 9.17) is 4.74 Å². The molecule has 0 unspecified atom stereocenters. The summed E-state index contributed by atoms with van der Waals surface area (Å²) < 4.78 is 7.47. The minimum atomic E-state index is -0.0480. The van der Waals surface area contributed by atoms with Gasteiger partial charge in [-0.1, -0.05) is 0 Å². The minimum Gasteiger partial charge on any atom is -0.461 e. The lowest BCUT2D eigenvalue weighted by atomic mass is 10.1. The number of carbonyl (C=O) groups is 1. The molecule has 7 nitrogen and oxygen atoms in total. The first kappa shape index (κ1) is 16.0. The molecule has 0 amide bonds. The quantitative estimate of drug-likeness (QED) is 0.746. The Labute approximate surface area is 143 Å². The molecule has 0 bridgehead atoms. The van der Waals surface area contributed by atoms with Gasteiger partial charge in [0.2, 0.25) is 0 Å². The first-order valence-electron chi connectivity index (χ1n) is 9.06. The third-order valence-electron chi connectivity index (χ3n) is 5.74. The first-order valence-corrected chi connectivity index (χ1v) is 9.06.